The Kier molecular flexibility index (Phi) is 6.21. The average Bonchev–Trinajstić information content (AvgIpc) is 2.51. The maximum absolute atomic E-state index is 12.4. The van der Waals surface area contributed by atoms with E-state index in [4.69, 9.17) is 46.4 Å². The highest BCUT2D eigenvalue weighted by Gasteiger charge is 2.44. The summed E-state index contributed by atoms with van der Waals surface area (Å²) in [6.07, 6.45) is 0. The molecule has 122 valence electrons. The topological polar surface area (TPSA) is 29.1 Å². The van der Waals surface area contributed by atoms with Crippen LogP contribution in [-0.4, -0.2) is 16.8 Å². The summed E-state index contributed by atoms with van der Waals surface area (Å²) in [5, 5.41) is 3.74. The Balaban J connectivity index is 2.58. The molecule has 6 heteroatoms. The van der Waals surface area contributed by atoms with Gasteiger partial charge in [-0.3, -0.25) is 4.79 Å². The van der Waals surface area contributed by atoms with Gasteiger partial charge in [0.15, 0.2) is 0 Å². The number of amides is 1. The van der Waals surface area contributed by atoms with Crippen LogP contribution in [0.15, 0.2) is 48.5 Å². The summed E-state index contributed by atoms with van der Waals surface area (Å²) in [6.45, 7) is 2.23. The van der Waals surface area contributed by atoms with Gasteiger partial charge in [-0.25, -0.2) is 0 Å². The number of benzene rings is 2. The smallest absolute Gasteiger partial charge is 0.257 e. The zero-order valence-corrected chi connectivity index (χ0v) is 15.3. The van der Waals surface area contributed by atoms with E-state index in [0.717, 1.165) is 5.56 Å². The third-order valence-corrected chi connectivity index (χ3v) is 4.80. The molecule has 0 radical (unpaired) electrons. The van der Waals surface area contributed by atoms with Crippen LogP contribution in [0.2, 0.25) is 10.0 Å². The van der Waals surface area contributed by atoms with Crippen molar-refractivity contribution in [3.63, 3.8) is 0 Å². The first kappa shape index (κ1) is 18.4. The number of nitrogens with one attached hydrogen (secondary N) is 1. The lowest BCUT2D eigenvalue weighted by Gasteiger charge is -2.30. The quantitative estimate of drug-likeness (QED) is 0.677. The number of hydrogen-bond acceptors (Lipinski definition) is 1. The fourth-order valence-corrected chi connectivity index (χ4v) is 3.35. The van der Waals surface area contributed by atoms with Crippen molar-refractivity contribution in [1.29, 1.82) is 0 Å². The number of hydrogen-bond donors (Lipinski definition) is 1. The van der Waals surface area contributed by atoms with Crippen molar-refractivity contribution in [3.8, 4) is 0 Å². The van der Waals surface area contributed by atoms with Gasteiger partial charge in [-0.1, -0.05) is 76.7 Å². The Morgan fingerprint density at radius 3 is 2.26 bits per heavy atom. The predicted molar refractivity (Wildman–Crippen MR) is 97.9 cm³/mol. The molecule has 1 atom stereocenters. The van der Waals surface area contributed by atoms with Crippen molar-refractivity contribution in [2.75, 3.05) is 6.54 Å². The normalized spacial score (nSPS) is 12.7. The molecule has 23 heavy (non-hydrogen) atoms. The van der Waals surface area contributed by atoms with Gasteiger partial charge in [0.05, 0.1) is 5.92 Å². The van der Waals surface area contributed by atoms with Gasteiger partial charge in [0.25, 0.3) is 5.91 Å². The van der Waals surface area contributed by atoms with E-state index in [-0.39, 0.29) is 0 Å². The maximum atomic E-state index is 12.4. The van der Waals surface area contributed by atoms with Gasteiger partial charge in [0.1, 0.15) is 0 Å². The average molecular weight is 391 g/mol. The molecule has 0 bridgehead atoms. The highest BCUT2D eigenvalue weighted by Crippen LogP contribution is 2.45. The van der Waals surface area contributed by atoms with Crippen LogP contribution in [0.25, 0.3) is 0 Å². The molecule has 0 saturated heterocycles. The molecule has 0 aliphatic rings. The van der Waals surface area contributed by atoms with Crippen LogP contribution in [0.5, 0.6) is 0 Å². The summed E-state index contributed by atoms with van der Waals surface area (Å²) >= 11 is 25.2. The lowest BCUT2D eigenvalue weighted by Crippen LogP contribution is -2.43. The first-order valence-electron chi connectivity index (χ1n) is 7.04. The minimum Gasteiger partial charge on any atom is -0.354 e. The third-order valence-electron chi connectivity index (χ3n) is 3.42. The molecule has 0 spiro atoms. The van der Waals surface area contributed by atoms with E-state index in [0.29, 0.717) is 22.2 Å². The summed E-state index contributed by atoms with van der Waals surface area (Å²) in [5.74, 6) is -1.11. The van der Waals surface area contributed by atoms with E-state index in [1.165, 1.54) is 0 Å². The minimum absolute atomic E-state index is 0.426. The molecule has 0 aliphatic heterocycles. The third kappa shape index (κ3) is 4.13. The molecule has 1 amide bonds. The van der Waals surface area contributed by atoms with Gasteiger partial charge in [-0.05, 0) is 36.2 Å². The SMILES string of the molecule is CCNC(=O)C(Cl)(Cl)[C@H](c1ccc(Cl)cc1)c1ccccc1Cl. The molecule has 0 aromatic heterocycles. The molecular formula is C17H15Cl4NO. The number of rotatable bonds is 5. The summed E-state index contributed by atoms with van der Waals surface area (Å²) in [6, 6.07) is 14.2. The molecule has 1 N–H and O–H groups in total. The van der Waals surface area contributed by atoms with Crippen LogP contribution in [0.1, 0.15) is 24.0 Å². The van der Waals surface area contributed by atoms with Gasteiger partial charge < -0.3 is 5.32 Å². The Labute approximate surface area is 155 Å². The molecule has 0 aliphatic carbocycles. The van der Waals surface area contributed by atoms with E-state index in [1.54, 1.807) is 49.4 Å². The van der Waals surface area contributed by atoms with Gasteiger partial charge in [0.2, 0.25) is 4.33 Å². The lowest BCUT2D eigenvalue weighted by atomic mass is 9.87. The Morgan fingerprint density at radius 2 is 1.70 bits per heavy atom. The highest BCUT2D eigenvalue weighted by atomic mass is 35.5. The standard InChI is InChI=1S/C17H15Cl4NO/c1-2-22-16(23)17(20,21)15(11-7-9-12(18)10-8-11)13-5-3-4-6-14(13)19/h3-10,15H,2H2,1H3,(H,22,23)/t15-/m1/s1. The van der Waals surface area contributed by atoms with Crippen LogP contribution in [0.4, 0.5) is 0 Å². The number of carbonyl (C=O) groups excluding carboxylic acids is 1. The minimum atomic E-state index is -1.71. The van der Waals surface area contributed by atoms with E-state index in [9.17, 15) is 4.79 Å². The monoisotopic (exact) mass is 389 g/mol. The van der Waals surface area contributed by atoms with Crippen molar-refractivity contribution in [2.45, 2.75) is 17.2 Å². The van der Waals surface area contributed by atoms with Gasteiger partial charge in [0, 0.05) is 16.6 Å². The van der Waals surface area contributed by atoms with Crippen LogP contribution < -0.4 is 5.32 Å². The van der Waals surface area contributed by atoms with Crippen molar-refractivity contribution in [3.05, 3.63) is 69.7 Å². The van der Waals surface area contributed by atoms with Crippen LogP contribution in [-0.2, 0) is 4.79 Å². The molecule has 0 heterocycles. The second-order valence-electron chi connectivity index (χ2n) is 4.99. The van der Waals surface area contributed by atoms with E-state index in [2.05, 4.69) is 5.32 Å². The number of halogens is 4. The van der Waals surface area contributed by atoms with Gasteiger partial charge in [-0.15, -0.1) is 0 Å². The Hall–Kier alpha value is -0.930. The van der Waals surface area contributed by atoms with Crippen molar-refractivity contribution in [2.24, 2.45) is 0 Å². The lowest BCUT2D eigenvalue weighted by molar-refractivity contribution is -0.121. The number of alkyl halides is 2. The summed E-state index contributed by atoms with van der Waals surface area (Å²) in [5.41, 5.74) is 1.42. The molecule has 0 unspecified atom stereocenters. The highest BCUT2D eigenvalue weighted by molar-refractivity contribution is 6.59. The van der Waals surface area contributed by atoms with Crippen LogP contribution in [0.3, 0.4) is 0 Å². The first-order valence-corrected chi connectivity index (χ1v) is 8.55. The Morgan fingerprint density at radius 1 is 1.09 bits per heavy atom. The molecule has 2 aromatic carbocycles. The zero-order valence-electron chi connectivity index (χ0n) is 12.3. The fourth-order valence-electron chi connectivity index (χ4n) is 2.36. The second kappa shape index (κ2) is 7.76. The molecule has 2 rings (SSSR count). The van der Waals surface area contributed by atoms with Gasteiger partial charge >= 0.3 is 0 Å². The van der Waals surface area contributed by atoms with Crippen molar-refractivity contribution < 1.29 is 4.79 Å². The summed E-state index contributed by atoms with van der Waals surface area (Å²) < 4.78 is -1.71. The number of carbonyl (C=O) groups is 1. The maximum Gasteiger partial charge on any atom is 0.257 e. The van der Waals surface area contributed by atoms with Crippen molar-refractivity contribution >= 4 is 52.3 Å². The van der Waals surface area contributed by atoms with E-state index in [1.807, 2.05) is 6.07 Å². The summed E-state index contributed by atoms with van der Waals surface area (Å²) in [4.78, 5) is 12.4. The first-order chi connectivity index (χ1) is 10.9. The largest absolute Gasteiger partial charge is 0.354 e. The van der Waals surface area contributed by atoms with Crippen LogP contribution in [0, 0.1) is 0 Å². The molecular weight excluding hydrogens is 376 g/mol. The fraction of sp³-hybridized carbons (Fsp3) is 0.235. The van der Waals surface area contributed by atoms with Crippen LogP contribution >= 0.6 is 46.4 Å². The molecule has 2 aromatic rings. The summed E-state index contributed by atoms with van der Waals surface area (Å²) in [7, 11) is 0. The van der Waals surface area contributed by atoms with Crippen molar-refractivity contribution in [1.82, 2.24) is 5.32 Å². The van der Waals surface area contributed by atoms with E-state index >= 15 is 0 Å². The van der Waals surface area contributed by atoms with Gasteiger partial charge in [-0.2, -0.15) is 0 Å². The zero-order chi connectivity index (χ0) is 17.0. The predicted octanol–water partition coefficient (Wildman–Crippen LogP) is 5.44. The molecule has 0 fully saturated rings. The molecule has 0 saturated carbocycles. The molecule has 2 nitrogen and oxygen atoms in total. The second-order valence-corrected chi connectivity index (χ2v) is 7.22. The van der Waals surface area contributed by atoms with E-state index < -0.39 is 16.2 Å². The Bertz CT molecular complexity index is 685.